The zero-order chi connectivity index (χ0) is 13.4. The molecule has 0 radical (unpaired) electrons. The van der Waals surface area contributed by atoms with E-state index in [-0.39, 0.29) is 16.3 Å². The molecule has 2 unspecified atom stereocenters. The average Bonchev–Trinajstić information content (AvgIpc) is 2.87. The van der Waals surface area contributed by atoms with Gasteiger partial charge in [-0.2, -0.15) is 0 Å². The van der Waals surface area contributed by atoms with Crippen LogP contribution in [0.1, 0.15) is 26.7 Å². The van der Waals surface area contributed by atoms with Crippen LogP contribution in [0.4, 0.5) is 4.79 Å². The third-order valence-electron chi connectivity index (χ3n) is 2.43. The molecule has 0 spiro atoms. The Bertz CT molecular complexity index is 317. The van der Waals surface area contributed by atoms with Crippen LogP contribution in [-0.2, 0) is 13.7 Å². The van der Waals surface area contributed by atoms with Crippen LogP contribution >= 0.6 is 23.8 Å². The standard InChI is InChI=1S/C12H18O4S2/c1-3-15-11(13)10(9-7-5-6-8-9)17-12(14)18-16-4-2/h5,7,9-10H,3-4,6,8H2,1-2H3. The first-order valence-electron chi connectivity index (χ1n) is 6.02. The summed E-state index contributed by atoms with van der Waals surface area (Å²) in [6.07, 6.45) is 5.88. The Hall–Kier alpha value is -0.460. The molecule has 2 atom stereocenters. The molecule has 6 heteroatoms. The van der Waals surface area contributed by atoms with Crippen molar-refractivity contribution in [1.82, 2.24) is 0 Å². The Balaban J connectivity index is 2.56. The van der Waals surface area contributed by atoms with Crippen LogP contribution in [0.5, 0.6) is 0 Å². The van der Waals surface area contributed by atoms with Crippen molar-refractivity contribution in [2.75, 3.05) is 13.2 Å². The third kappa shape index (κ3) is 5.04. The van der Waals surface area contributed by atoms with Crippen molar-refractivity contribution in [2.45, 2.75) is 31.9 Å². The first-order chi connectivity index (χ1) is 8.69. The lowest BCUT2D eigenvalue weighted by molar-refractivity contribution is -0.143. The van der Waals surface area contributed by atoms with Gasteiger partial charge in [0.15, 0.2) is 0 Å². The lowest BCUT2D eigenvalue weighted by atomic mass is 10.1. The van der Waals surface area contributed by atoms with Crippen LogP contribution < -0.4 is 0 Å². The molecule has 0 aromatic carbocycles. The van der Waals surface area contributed by atoms with Crippen molar-refractivity contribution >= 4 is 34.2 Å². The number of carbonyl (C=O) groups is 2. The van der Waals surface area contributed by atoms with E-state index in [0.29, 0.717) is 13.2 Å². The molecule has 1 rings (SSSR count). The highest BCUT2D eigenvalue weighted by Crippen LogP contribution is 2.33. The molecular formula is C12H18O4S2. The fourth-order valence-corrected chi connectivity index (χ4v) is 3.27. The summed E-state index contributed by atoms with van der Waals surface area (Å²) in [6.45, 7) is 4.37. The number of thioether (sulfide) groups is 1. The van der Waals surface area contributed by atoms with Crippen molar-refractivity contribution in [1.29, 1.82) is 0 Å². The van der Waals surface area contributed by atoms with Gasteiger partial charge in [0.05, 0.1) is 25.3 Å². The summed E-state index contributed by atoms with van der Waals surface area (Å²) >= 11 is 1.79. The number of esters is 1. The van der Waals surface area contributed by atoms with E-state index in [1.54, 1.807) is 6.92 Å². The minimum Gasteiger partial charge on any atom is -0.465 e. The van der Waals surface area contributed by atoms with Gasteiger partial charge >= 0.3 is 5.97 Å². The first kappa shape index (κ1) is 15.6. The largest absolute Gasteiger partial charge is 0.465 e. The van der Waals surface area contributed by atoms with Gasteiger partial charge in [-0.25, -0.2) is 0 Å². The Morgan fingerprint density at radius 1 is 1.39 bits per heavy atom. The molecule has 0 bridgehead atoms. The fraction of sp³-hybridized carbons (Fsp3) is 0.667. The summed E-state index contributed by atoms with van der Waals surface area (Å²) < 4.78 is 9.80. The molecule has 1 aliphatic carbocycles. The lowest BCUT2D eigenvalue weighted by Crippen LogP contribution is -2.27. The Labute approximate surface area is 116 Å². The summed E-state index contributed by atoms with van der Waals surface area (Å²) in [5, 5.41) is -0.454. The van der Waals surface area contributed by atoms with E-state index in [1.807, 2.05) is 19.1 Å². The first-order valence-corrected chi connectivity index (χ1v) is 7.64. The van der Waals surface area contributed by atoms with E-state index in [9.17, 15) is 9.59 Å². The van der Waals surface area contributed by atoms with Crippen molar-refractivity contribution in [2.24, 2.45) is 5.92 Å². The van der Waals surface area contributed by atoms with E-state index in [1.165, 1.54) is 0 Å². The van der Waals surface area contributed by atoms with Gasteiger partial charge in [-0.05, 0) is 26.7 Å². The minimum absolute atomic E-state index is 0.0835. The molecule has 0 saturated heterocycles. The van der Waals surface area contributed by atoms with Crippen LogP contribution in [0.25, 0.3) is 0 Å². The maximum Gasteiger partial charge on any atom is 0.320 e. The normalized spacial score (nSPS) is 19.8. The molecule has 1 aliphatic rings. The Morgan fingerprint density at radius 2 is 2.17 bits per heavy atom. The molecule has 4 nitrogen and oxygen atoms in total. The van der Waals surface area contributed by atoms with Crippen LogP contribution in [0.2, 0.25) is 0 Å². The predicted molar refractivity (Wildman–Crippen MR) is 74.5 cm³/mol. The van der Waals surface area contributed by atoms with Crippen LogP contribution in [0, 0.1) is 5.92 Å². The minimum atomic E-state index is -0.454. The fourth-order valence-electron chi connectivity index (χ4n) is 1.67. The summed E-state index contributed by atoms with van der Waals surface area (Å²) in [5.41, 5.74) is 0. The number of rotatable bonds is 6. The molecule has 0 aliphatic heterocycles. The topological polar surface area (TPSA) is 52.6 Å². The molecule has 0 saturated carbocycles. The number of carbonyl (C=O) groups excluding carboxylic acids is 2. The molecule has 0 aromatic rings. The Kier molecular flexibility index (Phi) is 7.46. The second-order valence-electron chi connectivity index (χ2n) is 3.70. The van der Waals surface area contributed by atoms with Crippen LogP contribution in [-0.4, -0.2) is 28.9 Å². The second-order valence-corrected chi connectivity index (χ2v) is 5.85. The summed E-state index contributed by atoms with van der Waals surface area (Å²) in [4.78, 5) is 23.5. The smallest absolute Gasteiger partial charge is 0.320 e. The van der Waals surface area contributed by atoms with Gasteiger partial charge < -0.3 is 8.92 Å². The highest BCUT2D eigenvalue weighted by Gasteiger charge is 2.32. The van der Waals surface area contributed by atoms with Crippen molar-refractivity contribution in [3.63, 3.8) is 0 Å². The Morgan fingerprint density at radius 3 is 2.72 bits per heavy atom. The lowest BCUT2D eigenvalue weighted by Gasteiger charge is -2.18. The van der Waals surface area contributed by atoms with Gasteiger partial charge in [0.2, 0.25) is 0 Å². The van der Waals surface area contributed by atoms with E-state index >= 15 is 0 Å². The highest BCUT2D eigenvalue weighted by atomic mass is 32.2. The maximum atomic E-state index is 11.9. The molecule has 102 valence electrons. The number of ether oxygens (including phenoxy) is 1. The molecular weight excluding hydrogens is 272 g/mol. The van der Waals surface area contributed by atoms with Crippen molar-refractivity contribution in [3.05, 3.63) is 12.2 Å². The van der Waals surface area contributed by atoms with E-state index < -0.39 is 5.25 Å². The molecule has 0 N–H and O–H groups in total. The maximum absolute atomic E-state index is 11.9. The number of allylic oxidation sites excluding steroid dienone is 2. The van der Waals surface area contributed by atoms with Crippen molar-refractivity contribution in [3.8, 4) is 0 Å². The number of hydrogen-bond donors (Lipinski definition) is 0. The van der Waals surface area contributed by atoms with Gasteiger partial charge in [-0.3, -0.25) is 9.59 Å². The molecule has 0 amide bonds. The van der Waals surface area contributed by atoms with Gasteiger partial charge in [0, 0.05) is 5.92 Å². The van der Waals surface area contributed by atoms with Gasteiger partial charge in [0.25, 0.3) is 4.45 Å². The molecule has 18 heavy (non-hydrogen) atoms. The monoisotopic (exact) mass is 290 g/mol. The van der Waals surface area contributed by atoms with Crippen LogP contribution in [0.15, 0.2) is 12.2 Å². The quantitative estimate of drug-likeness (QED) is 0.424. The zero-order valence-corrected chi connectivity index (χ0v) is 12.2. The summed E-state index contributed by atoms with van der Waals surface area (Å²) in [6, 6.07) is 0. The highest BCUT2D eigenvalue weighted by molar-refractivity contribution is 8.37. The third-order valence-corrected chi connectivity index (χ3v) is 4.40. The SMILES string of the molecule is CCOSC(=O)SC(C(=O)OCC)C1C=CCC1. The number of hydrogen-bond acceptors (Lipinski definition) is 6. The second kappa shape index (κ2) is 8.61. The predicted octanol–water partition coefficient (Wildman–Crippen LogP) is 3.42. The van der Waals surface area contributed by atoms with E-state index in [0.717, 1.165) is 36.6 Å². The van der Waals surface area contributed by atoms with Gasteiger partial charge in [-0.15, -0.1) is 0 Å². The molecule has 0 heterocycles. The molecule has 0 aromatic heterocycles. The summed E-state index contributed by atoms with van der Waals surface area (Å²) in [5.74, 6) is -0.232. The van der Waals surface area contributed by atoms with Crippen molar-refractivity contribution < 1.29 is 18.5 Å². The van der Waals surface area contributed by atoms with Gasteiger partial charge in [-0.1, -0.05) is 23.9 Å². The summed E-state index contributed by atoms with van der Waals surface area (Å²) in [7, 11) is 0. The van der Waals surface area contributed by atoms with Crippen LogP contribution in [0.3, 0.4) is 0 Å². The molecule has 0 fully saturated rings. The van der Waals surface area contributed by atoms with Gasteiger partial charge in [0.1, 0.15) is 5.25 Å². The zero-order valence-electron chi connectivity index (χ0n) is 10.6. The van der Waals surface area contributed by atoms with E-state index in [2.05, 4.69) is 0 Å². The van der Waals surface area contributed by atoms with E-state index in [4.69, 9.17) is 8.92 Å². The average molecular weight is 290 g/mol.